The Kier molecular flexibility index (Phi) is 4.28. The first-order valence-corrected chi connectivity index (χ1v) is 7.31. The van der Waals surface area contributed by atoms with Crippen LogP contribution in [-0.2, 0) is 4.79 Å². The van der Waals surface area contributed by atoms with Crippen LogP contribution in [0.3, 0.4) is 0 Å². The third-order valence-corrected chi connectivity index (χ3v) is 4.88. The largest absolute Gasteiger partial charge is 0.496 e. The summed E-state index contributed by atoms with van der Waals surface area (Å²) in [5.41, 5.74) is 3.16. The number of carboxylic acids is 1. The summed E-state index contributed by atoms with van der Waals surface area (Å²) in [7, 11) is 1.66. The molecular weight excluding hydrogens is 276 g/mol. The molecule has 0 bridgehead atoms. The SMILES string of the molecule is COc1cc(C)c(Cl)c(C)c1C(C)CC1CC1C(=O)O. The number of hydrogen-bond donors (Lipinski definition) is 1. The van der Waals surface area contributed by atoms with E-state index in [-0.39, 0.29) is 17.8 Å². The van der Waals surface area contributed by atoms with Gasteiger partial charge in [-0.05, 0) is 55.7 Å². The molecule has 0 amide bonds. The van der Waals surface area contributed by atoms with Crippen LogP contribution in [0.2, 0.25) is 5.02 Å². The lowest BCUT2D eigenvalue weighted by molar-refractivity contribution is -0.138. The lowest BCUT2D eigenvalue weighted by Crippen LogP contribution is -2.06. The predicted octanol–water partition coefficient (Wildman–Crippen LogP) is 4.18. The molecule has 0 heterocycles. The summed E-state index contributed by atoms with van der Waals surface area (Å²) in [6.45, 7) is 6.09. The molecule has 20 heavy (non-hydrogen) atoms. The van der Waals surface area contributed by atoms with E-state index >= 15 is 0 Å². The predicted molar refractivity (Wildman–Crippen MR) is 79.7 cm³/mol. The highest BCUT2D eigenvalue weighted by Crippen LogP contribution is 2.47. The highest BCUT2D eigenvalue weighted by Gasteiger charge is 2.43. The Balaban J connectivity index is 2.23. The number of methoxy groups -OCH3 is 1. The van der Waals surface area contributed by atoms with Gasteiger partial charge in [-0.1, -0.05) is 18.5 Å². The fraction of sp³-hybridized carbons (Fsp3) is 0.562. The van der Waals surface area contributed by atoms with E-state index in [1.165, 1.54) is 0 Å². The van der Waals surface area contributed by atoms with Crippen molar-refractivity contribution in [2.75, 3.05) is 7.11 Å². The minimum absolute atomic E-state index is 0.162. The molecule has 1 aromatic carbocycles. The van der Waals surface area contributed by atoms with Crippen LogP contribution in [0, 0.1) is 25.7 Å². The van der Waals surface area contributed by atoms with E-state index < -0.39 is 5.97 Å². The van der Waals surface area contributed by atoms with E-state index in [1.54, 1.807) is 7.11 Å². The summed E-state index contributed by atoms with van der Waals surface area (Å²) < 4.78 is 5.48. The second-order valence-corrected chi connectivity index (χ2v) is 6.20. The second kappa shape index (κ2) is 5.65. The Bertz CT molecular complexity index is 539. The van der Waals surface area contributed by atoms with E-state index in [2.05, 4.69) is 6.92 Å². The Hall–Kier alpha value is -1.22. The second-order valence-electron chi connectivity index (χ2n) is 5.83. The Labute approximate surface area is 124 Å². The summed E-state index contributed by atoms with van der Waals surface area (Å²) >= 11 is 6.34. The summed E-state index contributed by atoms with van der Waals surface area (Å²) in [6.07, 6.45) is 1.66. The molecule has 1 fully saturated rings. The maximum atomic E-state index is 10.9. The molecule has 1 aliphatic carbocycles. The fourth-order valence-corrected chi connectivity index (χ4v) is 3.26. The van der Waals surface area contributed by atoms with Crippen molar-refractivity contribution in [1.29, 1.82) is 0 Å². The number of halogens is 1. The van der Waals surface area contributed by atoms with Crippen molar-refractivity contribution < 1.29 is 14.6 Å². The maximum Gasteiger partial charge on any atom is 0.306 e. The van der Waals surface area contributed by atoms with Gasteiger partial charge in [-0.2, -0.15) is 0 Å². The molecule has 0 spiro atoms. The van der Waals surface area contributed by atoms with E-state index in [4.69, 9.17) is 21.4 Å². The van der Waals surface area contributed by atoms with Crippen molar-refractivity contribution in [3.63, 3.8) is 0 Å². The first kappa shape index (κ1) is 15.2. The van der Waals surface area contributed by atoms with Crippen molar-refractivity contribution in [2.24, 2.45) is 11.8 Å². The first-order valence-electron chi connectivity index (χ1n) is 6.93. The van der Waals surface area contributed by atoms with Gasteiger partial charge >= 0.3 is 5.97 Å². The van der Waals surface area contributed by atoms with Crippen LogP contribution in [0.4, 0.5) is 0 Å². The molecule has 1 N–H and O–H groups in total. The van der Waals surface area contributed by atoms with E-state index in [0.29, 0.717) is 0 Å². The molecule has 1 saturated carbocycles. The summed E-state index contributed by atoms with van der Waals surface area (Å²) in [5, 5.41) is 9.77. The number of hydrogen-bond acceptors (Lipinski definition) is 2. The smallest absolute Gasteiger partial charge is 0.306 e. The van der Waals surface area contributed by atoms with Gasteiger partial charge in [-0.3, -0.25) is 4.79 Å². The number of aliphatic carboxylic acids is 1. The quantitative estimate of drug-likeness (QED) is 0.886. The van der Waals surface area contributed by atoms with Gasteiger partial charge in [0.1, 0.15) is 5.75 Å². The van der Waals surface area contributed by atoms with Crippen LogP contribution in [0.5, 0.6) is 5.75 Å². The van der Waals surface area contributed by atoms with Crippen LogP contribution >= 0.6 is 11.6 Å². The monoisotopic (exact) mass is 296 g/mol. The van der Waals surface area contributed by atoms with Crippen molar-refractivity contribution in [2.45, 2.75) is 39.5 Å². The molecular formula is C16H21ClO3. The van der Waals surface area contributed by atoms with Gasteiger partial charge < -0.3 is 9.84 Å². The summed E-state index contributed by atoms with van der Waals surface area (Å²) in [6, 6.07) is 1.96. The van der Waals surface area contributed by atoms with Crippen molar-refractivity contribution >= 4 is 17.6 Å². The number of ether oxygens (including phenoxy) is 1. The number of carbonyl (C=O) groups is 1. The topological polar surface area (TPSA) is 46.5 Å². The molecule has 110 valence electrons. The van der Waals surface area contributed by atoms with Crippen LogP contribution in [0.1, 0.15) is 42.4 Å². The van der Waals surface area contributed by atoms with Gasteiger partial charge in [-0.25, -0.2) is 0 Å². The molecule has 0 aliphatic heterocycles. The van der Waals surface area contributed by atoms with Crippen LogP contribution < -0.4 is 4.74 Å². The lowest BCUT2D eigenvalue weighted by atomic mass is 9.89. The fourth-order valence-electron chi connectivity index (χ4n) is 3.10. The Morgan fingerprint density at radius 1 is 1.55 bits per heavy atom. The van der Waals surface area contributed by atoms with Crippen molar-refractivity contribution in [3.05, 3.63) is 27.8 Å². The molecule has 2 rings (SSSR count). The Morgan fingerprint density at radius 2 is 2.20 bits per heavy atom. The summed E-state index contributed by atoms with van der Waals surface area (Å²) in [4.78, 5) is 10.9. The van der Waals surface area contributed by atoms with Gasteiger partial charge in [0.05, 0.1) is 13.0 Å². The van der Waals surface area contributed by atoms with Gasteiger partial charge in [-0.15, -0.1) is 0 Å². The molecule has 1 aliphatic rings. The summed E-state index contributed by atoms with van der Waals surface area (Å²) in [5.74, 6) is 0.547. The van der Waals surface area contributed by atoms with E-state index in [0.717, 1.165) is 40.3 Å². The van der Waals surface area contributed by atoms with Gasteiger partial charge in [0.2, 0.25) is 0 Å². The Morgan fingerprint density at radius 3 is 2.70 bits per heavy atom. The molecule has 3 unspecified atom stereocenters. The van der Waals surface area contributed by atoms with Gasteiger partial charge in [0.25, 0.3) is 0 Å². The number of rotatable bonds is 5. The van der Waals surface area contributed by atoms with Gasteiger partial charge in [0, 0.05) is 10.6 Å². The third kappa shape index (κ3) is 2.78. The zero-order chi connectivity index (χ0) is 15.0. The number of aryl methyl sites for hydroxylation is 1. The minimum atomic E-state index is -0.673. The number of benzene rings is 1. The zero-order valence-electron chi connectivity index (χ0n) is 12.4. The molecule has 0 saturated heterocycles. The van der Waals surface area contributed by atoms with Crippen LogP contribution in [-0.4, -0.2) is 18.2 Å². The first-order chi connectivity index (χ1) is 9.36. The highest BCUT2D eigenvalue weighted by molar-refractivity contribution is 6.32. The zero-order valence-corrected chi connectivity index (χ0v) is 13.1. The lowest BCUT2D eigenvalue weighted by Gasteiger charge is -2.20. The minimum Gasteiger partial charge on any atom is -0.496 e. The highest BCUT2D eigenvalue weighted by atomic mass is 35.5. The standard InChI is InChI=1S/C16H21ClO3/c1-8(5-11-7-12(11)16(18)19)14-10(3)15(17)9(2)6-13(14)20-4/h6,8,11-12H,5,7H2,1-4H3,(H,18,19). The van der Waals surface area contributed by atoms with E-state index in [1.807, 2.05) is 19.9 Å². The molecule has 3 nitrogen and oxygen atoms in total. The average Bonchev–Trinajstić information content (AvgIpc) is 3.14. The normalized spacial score (nSPS) is 22.4. The molecule has 3 atom stereocenters. The van der Waals surface area contributed by atoms with Crippen LogP contribution in [0.15, 0.2) is 6.07 Å². The van der Waals surface area contributed by atoms with Crippen molar-refractivity contribution in [3.8, 4) is 5.75 Å². The molecule has 0 aromatic heterocycles. The number of carboxylic acid groups (broad SMARTS) is 1. The van der Waals surface area contributed by atoms with E-state index in [9.17, 15) is 4.79 Å². The molecule has 0 radical (unpaired) electrons. The molecule has 1 aromatic rings. The average molecular weight is 297 g/mol. The van der Waals surface area contributed by atoms with Gasteiger partial charge in [0.15, 0.2) is 0 Å². The maximum absolute atomic E-state index is 10.9. The molecule has 4 heteroatoms. The third-order valence-electron chi connectivity index (χ3n) is 4.30. The van der Waals surface area contributed by atoms with Crippen LogP contribution in [0.25, 0.3) is 0 Å². The van der Waals surface area contributed by atoms with Crippen molar-refractivity contribution in [1.82, 2.24) is 0 Å².